The quantitative estimate of drug-likeness (QED) is 0.884. The predicted octanol–water partition coefficient (Wildman–Crippen LogP) is 4.41. The van der Waals surface area contributed by atoms with Crippen LogP contribution < -0.4 is 5.32 Å². The molecule has 1 spiro atoms. The molecule has 1 saturated heterocycles. The van der Waals surface area contributed by atoms with Crippen molar-refractivity contribution < 1.29 is 0 Å². The third-order valence-electron chi connectivity index (χ3n) is 5.20. The molecule has 0 unspecified atom stereocenters. The molecule has 1 N–H and O–H groups in total. The van der Waals surface area contributed by atoms with E-state index in [0.717, 1.165) is 29.2 Å². The van der Waals surface area contributed by atoms with Crippen LogP contribution in [-0.2, 0) is 0 Å². The van der Waals surface area contributed by atoms with Gasteiger partial charge in [-0.2, -0.15) is 0 Å². The first-order valence-electron chi connectivity index (χ1n) is 7.98. The van der Waals surface area contributed by atoms with Crippen molar-refractivity contribution in [3.63, 3.8) is 0 Å². The Kier molecular flexibility index (Phi) is 4.52. The van der Waals surface area contributed by atoms with E-state index in [1.165, 1.54) is 51.6 Å². The molecule has 1 aromatic rings. The summed E-state index contributed by atoms with van der Waals surface area (Å²) in [5, 5.41) is 4.26. The van der Waals surface area contributed by atoms with Crippen molar-refractivity contribution >= 4 is 17.3 Å². The lowest BCUT2D eigenvalue weighted by molar-refractivity contribution is 0.112. The first-order chi connectivity index (χ1) is 9.77. The van der Waals surface area contributed by atoms with Gasteiger partial charge >= 0.3 is 0 Å². The van der Waals surface area contributed by atoms with Crippen molar-refractivity contribution in [2.45, 2.75) is 38.5 Å². The summed E-state index contributed by atoms with van der Waals surface area (Å²) >= 11 is 6.15. The summed E-state index contributed by atoms with van der Waals surface area (Å²) in [6.45, 7) is 4.67. The van der Waals surface area contributed by atoms with Crippen LogP contribution in [-0.4, -0.2) is 31.1 Å². The molecular formula is C17H25ClN2. The van der Waals surface area contributed by atoms with E-state index < -0.39 is 0 Å². The number of piperidine rings is 1. The molecule has 0 amide bonds. The molecule has 3 heteroatoms. The fourth-order valence-electron chi connectivity index (χ4n) is 3.83. The Labute approximate surface area is 127 Å². The van der Waals surface area contributed by atoms with Gasteiger partial charge in [-0.3, -0.25) is 0 Å². The van der Waals surface area contributed by atoms with Gasteiger partial charge in [-0.25, -0.2) is 0 Å². The maximum Gasteiger partial charge on any atom is 0.0637 e. The van der Waals surface area contributed by atoms with Gasteiger partial charge in [0.15, 0.2) is 0 Å². The normalized spacial score (nSPS) is 22.2. The molecule has 20 heavy (non-hydrogen) atoms. The topological polar surface area (TPSA) is 15.3 Å². The Bertz CT molecular complexity index is 430. The smallest absolute Gasteiger partial charge is 0.0637 e. The summed E-state index contributed by atoms with van der Waals surface area (Å²) < 4.78 is 0. The van der Waals surface area contributed by atoms with Crippen LogP contribution in [0.3, 0.4) is 0 Å². The average molecular weight is 293 g/mol. The molecule has 0 aromatic heterocycles. The molecule has 110 valence electrons. The summed E-state index contributed by atoms with van der Waals surface area (Å²) in [6.07, 6.45) is 8.73. The van der Waals surface area contributed by atoms with Gasteiger partial charge in [0.05, 0.1) is 10.7 Å². The van der Waals surface area contributed by atoms with E-state index in [1.54, 1.807) is 0 Å². The summed E-state index contributed by atoms with van der Waals surface area (Å²) in [4.78, 5) is 2.60. The number of likely N-dealkylation sites (tertiary alicyclic amines) is 1. The fourth-order valence-corrected chi connectivity index (χ4v) is 4.03. The highest BCUT2D eigenvalue weighted by atomic mass is 35.5. The van der Waals surface area contributed by atoms with Crippen molar-refractivity contribution in [1.29, 1.82) is 0 Å². The van der Waals surface area contributed by atoms with Crippen molar-refractivity contribution in [3.8, 4) is 0 Å². The Morgan fingerprint density at radius 3 is 2.45 bits per heavy atom. The summed E-state index contributed by atoms with van der Waals surface area (Å²) in [7, 11) is 0. The monoisotopic (exact) mass is 292 g/mol. The summed E-state index contributed by atoms with van der Waals surface area (Å²) in [5.74, 6) is 0. The van der Waals surface area contributed by atoms with Crippen LogP contribution in [0.2, 0.25) is 5.02 Å². The molecule has 1 aromatic carbocycles. The van der Waals surface area contributed by atoms with Gasteiger partial charge in [-0.1, -0.05) is 36.6 Å². The van der Waals surface area contributed by atoms with Crippen molar-refractivity contribution in [2.24, 2.45) is 5.41 Å². The van der Waals surface area contributed by atoms with E-state index in [9.17, 15) is 0 Å². The molecule has 0 atom stereocenters. The number of rotatable bonds is 4. The lowest BCUT2D eigenvalue weighted by Crippen LogP contribution is -2.40. The second kappa shape index (κ2) is 6.36. The number of benzene rings is 1. The highest BCUT2D eigenvalue weighted by Gasteiger charge is 2.36. The summed E-state index contributed by atoms with van der Waals surface area (Å²) in [6, 6.07) is 7.98. The highest BCUT2D eigenvalue weighted by molar-refractivity contribution is 6.33. The van der Waals surface area contributed by atoms with Gasteiger partial charge in [0.25, 0.3) is 0 Å². The largest absolute Gasteiger partial charge is 0.383 e. The Hall–Kier alpha value is -0.730. The highest BCUT2D eigenvalue weighted by Crippen LogP contribution is 2.45. The molecule has 1 aliphatic carbocycles. The van der Waals surface area contributed by atoms with Gasteiger partial charge in [0.1, 0.15) is 0 Å². The van der Waals surface area contributed by atoms with Crippen molar-refractivity contribution in [2.75, 3.05) is 31.5 Å². The zero-order valence-corrected chi connectivity index (χ0v) is 13.0. The molecule has 0 radical (unpaired) electrons. The molecule has 1 heterocycles. The zero-order valence-electron chi connectivity index (χ0n) is 12.2. The number of nitrogens with zero attached hydrogens (tertiary/aromatic N) is 1. The predicted molar refractivity (Wildman–Crippen MR) is 86.5 cm³/mol. The second-order valence-electron chi connectivity index (χ2n) is 6.46. The number of nitrogens with one attached hydrogen (secondary N) is 1. The van der Waals surface area contributed by atoms with E-state index in [0.29, 0.717) is 0 Å². The number of hydrogen-bond acceptors (Lipinski definition) is 2. The molecule has 2 fully saturated rings. The van der Waals surface area contributed by atoms with E-state index in [4.69, 9.17) is 11.6 Å². The molecule has 0 bridgehead atoms. The second-order valence-corrected chi connectivity index (χ2v) is 6.86. The van der Waals surface area contributed by atoms with Gasteiger partial charge in [0.2, 0.25) is 0 Å². The maximum atomic E-state index is 6.15. The molecule has 1 aliphatic heterocycles. The van der Waals surface area contributed by atoms with Crippen LogP contribution in [0.4, 0.5) is 5.69 Å². The van der Waals surface area contributed by atoms with Crippen LogP contribution >= 0.6 is 11.6 Å². The minimum Gasteiger partial charge on any atom is -0.383 e. The molecular weight excluding hydrogens is 268 g/mol. The maximum absolute atomic E-state index is 6.15. The molecule has 1 saturated carbocycles. The Morgan fingerprint density at radius 1 is 1.05 bits per heavy atom. The molecule has 2 aliphatic rings. The van der Waals surface area contributed by atoms with Crippen LogP contribution in [0.1, 0.15) is 38.5 Å². The summed E-state index contributed by atoms with van der Waals surface area (Å²) in [5.41, 5.74) is 1.78. The minimum atomic E-state index is 0.729. The zero-order chi connectivity index (χ0) is 13.8. The standard InChI is InChI=1S/C17H25ClN2/c18-15-5-1-2-6-16(15)19-11-14-20-12-9-17(10-13-20)7-3-4-8-17/h1-2,5-6,19H,3-4,7-14H2. The lowest BCUT2D eigenvalue weighted by atomic mass is 9.77. The third-order valence-corrected chi connectivity index (χ3v) is 5.53. The SMILES string of the molecule is Clc1ccccc1NCCN1CCC2(CCCC2)CC1. The van der Waals surface area contributed by atoms with Gasteiger partial charge in [-0.05, 0) is 56.3 Å². The first-order valence-corrected chi connectivity index (χ1v) is 8.36. The van der Waals surface area contributed by atoms with Crippen molar-refractivity contribution in [1.82, 2.24) is 4.90 Å². The first kappa shape index (κ1) is 14.2. The van der Waals surface area contributed by atoms with E-state index in [1.807, 2.05) is 24.3 Å². The molecule has 3 rings (SSSR count). The van der Waals surface area contributed by atoms with E-state index in [2.05, 4.69) is 10.2 Å². The van der Waals surface area contributed by atoms with E-state index in [-0.39, 0.29) is 0 Å². The number of para-hydroxylation sites is 1. The van der Waals surface area contributed by atoms with E-state index >= 15 is 0 Å². The van der Waals surface area contributed by atoms with Gasteiger partial charge in [0, 0.05) is 13.1 Å². The third kappa shape index (κ3) is 3.29. The lowest BCUT2D eigenvalue weighted by Gasteiger charge is -2.39. The van der Waals surface area contributed by atoms with Crippen molar-refractivity contribution in [3.05, 3.63) is 29.3 Å². The van der Waals surface area contributed by atoms with Crippen LogP contribution in [0.5, 0.6) is 0 Å². The number of anilines is 1. The van der Waals surface area contributed by atoms with Crippen LogP contribution in [0, 0.1) is 5.41 Å². The minimum absolute atomic E-state index is 0.729. The Morgan fingerprint density at radius 2 is 1.75 bits per heavy atom. The van der Waals surface area contributed by atoms with Crippen LogP contribution in [0.15, 0.2) is 24.3 Å². The molecule has 2 nitrogen and oxygen atoms in total. The van der Waals surface area contributed by atoms with Gasteiger partial charge < -0.3 is 10.2 Å². The van der Waals surface area contributed by atoms with Gasteiger partial charge in [-0.15, -0.1) is 0 Å². The number of halogens is 1. The average Bonchev–Trinajstić information content (AvgIpc) is 2.92. The Balaban J connectivity index is 1.41. The van der Waals surface area contributed by atoms with Crippen LogP contribution in [0.25, 0.3) is 0 Å². The number of hydrogen-bond donors (Lipinski definition) is 1. The fraction of sp³-hybridized carbons (Fsp3) is 0.647.